The van der Waals surface area contributed by atoms with E-state index in [2.05, 4.69) is 13.8 Å². The summed E-state index contributed by atoms with van der Waals surface area (Å²) < 4.78 is 5.89. The minimum Gasteiger partial charge on any atom is -0.450 e. The first-order valence-electron chi connectivity index (χ1n) is 11.3. The second kappa shape index (κ2) is 7.04. The van der Waals surface area contributed by atoms with Crippen molar-refractivity contribution in [3.63, 3.8) is 0 Å². The van der Waals surface area contributed by atoms with Crippen LogP contribution in [0.15, 0.2) is 11.6 Å². The molecule has 4 rings (SSSR count). The molecule has 6 atom stereocenters. The van der Waals surface area contributed by atoms with E-state index in [9.17, 15) is 19.5 Å². The molecule has 0 spiro atoms. The van der Waals surface area contributed by atoms with Crippen LogP contribution in [0.5, 0.6) is 0 Å². The predicted octanol–water partition coefficient (Wildman–Crippen LogP) is 3.77. The van der Waals surface area contributed by atoms with Gasteiger partial charge in [-0.15, -0.1) is 0 Å². The minimum absolute atomic E-state index is 0.0739. The first-order chi connectivity index (χ1) is 13.7. The van der Waals surface area contributed by atoms with Gasteiger partial charge in [0.1, 0.15) is 6.61 Å². The van der Waals surface area contributed by atoms with Gasteiger partial charge in [0.25, 0.3) is 0 Å². The van der Waals surface area contributed by atoms with Gasteiger partial charge in [0, 0.05) is 18.3 Å². The van der Waals surface area contributed by atoms with Crippen molar-refractivity contribution < 1.29 is 24.2 Å². The van der Waals surface area contributed by atoms with Gasteiger partial charge in [0.05, 0.1) is 0 Å². The number of carbonyl (C=O) groups is 3. The van der Waals surface area contributed by atoms with Gasteiger partial charge in [-0.3, -0.25) is 14.4 Å². The molecule has 3 unspecified atom stereocenters. The van der Waals surface area contributed by atoms with Gasteiger partial charge in [-0.2, -0.15) is 0 Å². The molecule has 160 valence electrons. The molecule has 0 aromatic heterocycles. The lowest BCUT2D eigenvalue weighted by molar-refractivity contribution is -0.191. The summed E-state index contributed by atoms with van der Waals surface area (Å²) in [4.78, 5) is 37.2. The topological polar surface area (TPSA) is 80.7 Å². The molecule has 4 aliphatic rings. The molecule has 1 N–H and O–H groups in total. The number of Topliss-reactive ketones (excluding diaryl/α,β-unsaturated/α-hetero) is 1. The molecule has 0 radical (unpaired) electrons. The summed E-state index contributed by atoms with van der Waals surface area (Å²) >= 11 is 0. The van der Waals surface area contributed by atoms with Crippen molar-refractivity contribution in [1.82, 2.24) is 0 Å². The number of esters is 1. The number of hydrogen-bond donors (Lipinski definition) is 1. The van der Waals surface area contributed by atoms with Crippen LogP contribution in [0.4, 0.5) is 0 Å². The first kappa shape index (κ1) is 20.8. The van der Waals surface area contributed by atoms with Crippen LogP contribution >= 0.6 is 0 Å². The van der Waals surface area contributed by atoms with Gasteiger partial charge in [0.15, 0.2) is 11.4 Å². The third kappa shape index (κ3) is 2.79. The van der Waals surface area contributed by atoms with Crippen LogP contribution in [-0.4, -0.2) is 34.9 Å². The average Bonchev–Trinajstić information content (AvgIpc) is 3.01. The zero-order chi connectivity index (χ0) is 21.0. The summed E-state index contributed by atoms with van der Waals surface area (Å²) in [5.74, 6) is 0.846. The smallest absolute Gasteiger partial charge is 0.306 e. The first-order valence-corrected chi connectivity index (χ1v) is 11.3. The monoisotopic (exact) mass is 402 g/mol. The van der Waals surface area contributed by atoms with Crippen LogP contribution in [-0.2, 0) is 19.1 Å². The van der Waals surface area contributed by atoms with E-state index in [-0.39, 0.29) is 29.4 Å². The molecule has 0 saturated heterocycles. The summed E-state index contributed by atoms with van der Waals surface area (Å²) in [5.41, 5.74) is -0.221. The second-order valence-corrected chi connectivity index (χ2v) is 10.2. The van der Waals surface area contributed by atoms with E-state index in [0.29, 0.717) is 30.6 Å². The van der Waals surface area contributed by atoms with Crippen molar-refractivity contribution in [2.75, 3.05) is 6.61 Å². The van der Waals surface area contributed by atoms with E-state index in [1.165, 1.54) is 5.57 Å². The number of ketones is 2. The lowest BCUT2D eigenvalue weighted by Gasteiger charge is -2.59. The molecule has 3 saturated carbocycles. The highest BCUT2D eigenvalue weighted by Gasteiger charge is 2.68. The zero-order valence-corrected chi connectivity index (χ0v) is 18.0. The summed E-state index contributed by atoms with van der Waals surface area (Å²) in [5, 5.41) is 9.72. The Bertz CT molecular complexity index is 769. The molecule has 0 amide bonds. The maximum atomic E-state index is 13.0. The Morgan fingerprint density at radius 2 is 1.83 bits per heavy atom. The number of hydrogen-bond acceptors (Lipinski definition) is 5. The largest absolute Gasteiger partial charge is 0.450 e. The predicted molar refractivity (Wildman–Crippen MR) is 108 cm³/mol. The van der Waals surface area contributed by atoms with Gasteiger partial charge in [-0.05, 0) is 74.2 Å². The van der Waals surface area contributed by atoms with Crippen molar-refractivity contribution in [1.29, 1.82) is 0 Å². The quantitative estimate of drug-likeness (QED) is 0.724. The lowest BCUT2D eigenvalue weighted by atomic mass is 9.46. The Labute approximate surface area is 173 Å². The molecule has 5 heteroatoms. The van der Waals surface area contributed by atoms with Crippen molar-refractivity contribution >= 4 is 17.5 Å². The van der Waals surface area contributed by atoms with Crippen LogP contribution < -0.4 is 0 Å². The fraction of sp³-hybridized carbons (Fsp3) is 0.792. The molecule has 0 aliphatic heterocycles. The molecule has 0 aromatic rings. The lowest BCUT2D eigenvalue weighted by Crippen LogP contribution is -2.59. The van der Waals surface area contributed by atoms with Gasteiger partial charge >= 0.3 is 5.97 Å². The van der Waals surface area contributed by atoms with E-state index in [1.54, 1.807) is 6.92 Å². The van der Waals surface area contributed by atoms with Crippen LogP contribution in [0.3, 0.4) is 0 Å². The average molecular weight is 403 g/mol. The van der Waals surface area contributed by atoms with Crippen molar-refractivity contribution in [3.05, 3.63) is 11.6 Å². The molecular weight excluding hydrogens is 368 g/mol. The highest BCUT2D eigenvalue weighted by atomic mass is 16.6. The molecule has 0 heterocycles. The Balaban J connectivity index is 1.69. The molecular formula is C24H34O5. The Hall–Kier alpha value is -1.49. The molecule has 0 aromatic carbocycles. The van der Waals surface area contributed by atoms with Gasteiger partial charge in [-0.25, -0.2) is 0 Å². The van der Waals surface area contributed by atoms with E-state index < -0.39 is 17.6 Å². The van der Waals surface area contributed by atoms with Gasteiger partial charge < -0.3 is 9.84 Å². The van der Waals surface area contributed by atoms with Crippen LogP contribution in [0.1, 0.15) is 78.6 Å². The number of carbonyl (C=O) groups excluding carboxylic acids is 3. The van der Waals surface area contributed by atoms with Crippen LogP contribution in [0.2, 0.25) is 0 Å². The number of aliphatic hydroxyl groups excluding tert-OH is 1. The van der Waals surface area contributed by atoms with E-state index in [0.717, 1.165) is 38.5 Å². The van der Waals surface area contributed by atoms with E-state index >= 15 is 0 Å². The number of fused-ring (bicyclic) bond motifs is 5. The maximum absolute atomic E-state index is 13.0. The zero-order valence-electron chi connectivity index (χ0n) is 18.0. The molecule has 5 nitrogen and oxygen atoms in total. The van der Waals surface area contributed by atoms with E-state index in [4.69, 9.17) is 4.74 Å². The molecule has 29 heavy (non-hydrogen) atoms. The number of rotatable bonds is 4. The Kier molecular flexibility index (Phi) is 5.04. The van der Waals surface area contributed by atoms with E-state index in [1.807, 2.05) is 6.08 Å². The van der Waals surface area contributed by atoms with Gasteiger partial charge in [0.2, 0.25) is 5.78 Å². The summed E-state index contributed by atoms with van der Waals surface area (Å²) in [6, 6.07) is 0. The number of ether oxygens (including phenoxy) is 1. The molecule has 3 fully saturated rings. The summed E-state index contributed by atoms with van der Waals surface area (Å²) in [6.45, 7) is 5.61. The van der Waals surface area contributed by atoms with Gasteiger partial charge in [-0.1, -0.05) is 26.3 Å². The number of allylic oxidation sites excluding steroid dienone is 1. The highest BCUT2D eigenvalue weighted by Crippen LogP contribution is 2.68. The summed E-state index contributed by atoms with van der Waals surface area (Å²) in [6.07, 6.45) is 8.84. The van der Waals surface area contributed by atoms with Crippen molar-refractivity contribution in [2.24, 2.45) is 28.6 Å². The maximum Gasteiger partial charge on any atom is 0.306 e. The third-order valence-corrected chi connectivity index (χ3v) is 9.25. The van der Waals surface area contributed by atoms with Crippen molar-refractivity contribution in [2.45, 2.75) is 84.2 Å². The van der Waals surface area contributed by atoms with Crippen LogP contribution in [0, 0.1) is 28.6 Å². The number of aliphatic hydroxyl groups is 1. The normalized spacial score (nSPS) is 43.7. The summed E-state index contributed by atoms with van der Waals surface area (Å²) in [7, 11) is 0. The standard InChI is InChI=1S/C24H34O5/c1-4-21(28)29-24(20(27)14-25)12-9-19-17-6-5-15-13-16(26)7-10-22(15,2)18(17)8-11-23(19,24)3/h13,17-19,25H,4-12,14H2,1-3H3/t17?,18-,19-,22?,23?,24-/m0/s1. The Morgan fingerprint density at radius 1 is 1.10 bits per heavy atom. The third-order valence-electron chi connectivity index (χ3n) is 9.25. The molecule has 0 bridgehead atoms. The minimum atomic E-state index is -1.19. The molecule has 4 aliphatic carbocycles. The van der Waals surface area contributed by atoms with Crippen LogP contribution in [0.25, 0.3) is 0 Å². The fourth-order valence-corrected chi connectivity index (χ4v) is 7.63. The fourth-order valence-electron chi connectivity index (χ4n) is 7.63. The highest BCUT2D eigenvalue weighted by molar-refractivity contribution is 5.92. The SMILES string of the molecule is CCC(=O)O[C@]1(C(=O)CO)CC[C@H]2C3CCC4=CC(=O)CCC4(C)[C@H]3CCC21C. The Morgan fingerprint density at radius 3 is 2.52 bits per heavy atom. The van der Waals surface area contributed by atoms with Crippen molar-refractivity contribution in [3.8, 4) is 0 Å². The second-order valence-electron chi connectivity index (χ2n) is 10.2.